The van der Waals surface area contributed by atoms with Crippen LogP contribution in [0, 0.1) is 11.7 Å². The van der Waals surface area contributed by atoms with Crippen LogP contribution < -0.4 is 4.90 Å². The number of allylic oxidation sites excluding steroid dienone is 6. The molecule has 1 saturated heterocycles. The summed E-state index contributed by atoms with van der Waals surface area (Å²) >= 11 is 0. The van der Waals surface area contributed by atoms with E-state index >= 15 is 0 Å². The Morgan fingerprint density at radius 1 is 1.45 bits per heavy atom. The molecule has 0 bridgehead atoms. The highest BCUT2D eigenvalue weighted by molar-refractivity contribution is 5.76. The van der Waals surface area contributed by atoms with Crippen LogP contribution in [0.2, 0.25) is 0 Å². The molecule has 1 fully saturated rings. The molecule has 1 aliphatic rings. The van der Waals surface area contributed by atoms with E-state index in [2.05, 4.69) is 25.0 Å². The lowest BCUT2D eigenvalue weighted by Crippen LogP contribution is -2.18. The monoisotopic (exact) mass is 297 g/mol. The summed E-state index contributed by atoms with van der Waals surface area (Å²) in [6.45, 7) is 12.9. The molecular formula is C20H24FN. The Morgan fingerprint density at radius 2 is 2.23 bits per heavy atom. The predicted molar refractivity (Wildman–Crippen MR) is 94.3 cm³/mol. The van der Waals surface area contributed by atoms with Crippen molar-refractivity contribution in [3.63, 3.8) is 0 Å². The van der Waals surface area contributed by atoms with E-state index in [0.717, 1.165) is 36.3 Å². The topological polar surface area (TPSA) is 3.24 Å². The van der Waals surface area contributed by atoms with Gasteiger partial charge in [0.15, 0.2) is 0 Å². The van der Waals surface area contributed by atoms with Crippen LogP contribution in [0.4, 0.5) is 10.1 Å². The quantitative estimate of drug-likeness (QED) is 0.628. The highest BCUT2D eigenvalue weighted by Gasteiger charge is 2.25. The molecule has 116 valence electrons. The Bertz CT molecular complexity index is 625. The third kappa shape index (κ3) is 3.38. The van der Waals surface area contributed by atoms with Crippen molar-refractivity contribution >= 4 is 11.3 Å². The minimum Gasteiger partial charge on any atom is -0.345 e. The number of nitrogens with zero attached hydrogens (tertiary/aromatic N) is 1. The first-order chi connectivity index (χ1) is 10.6. The molecule has 1 heterocycles. The molecule has 0 amide bonds. The van der Waals surface area contributed by atoms with Crippen LogP contribution in [0.1, 0.15) is 32.3 Å². The SMILES string of the molecule is C=C/C=C(\C=C/C)c1ccc(N2CC(CC)CC2=C)cc1F. The average Bonchev–Trinajstić information content (AvgIpc) is 2.88. The molecular weight excluding hydrogens is 273 g/mol. The average molecular weight is 297 g/mol. The highest BCUT2D eigenvalue weighted by Crippen LogP contribution is 2.34. The molecule has 1 atom stereocenters. The van der Waals surface area contributed by atoms with Crippen LogP contribution in [0.5, 0.6) is 0 Å². The summed E-state index contributed by atoms with van der Waals surface area (Å²) in [6.07, 6.45) is 9.42. The van der Waals surface area contributed by atoms with Crippen LogP contribution in [0.15, 0.2) is 61.4 Å². The molecule has 1 aliphatic heterocycles. The first-order valence-corrected chi connectivity index (χ1v) is 7.81. The maximum absolute atomic E-state index is 14.5. The standard InChI is InChI=1S/C20H24FN/c1-5-8-17(9-6-2)19-11-10-18(13-20(19)21)22-14-16(7-3)12-15(22)4/h5-6,8-11,13,16H,1,4,7,12,14H2,2-3H3/b9-6-,17-8+. The smallest absolute Gasteiger partial charge is 0.133 e. The van der Waals surface area contributed by atoms with Gasteiger partial charge >= 0.3 is 0 Å². The van der Waals surface area contributed by atoms with Gasteiger partial charge in [-0.25, -0.2) is 4.39 Å². The molecule has 0 aromatic heterocycles. The van der Waals surface area contributed by atoms with Gasteiger partial charge in [0.2, 0.25) is 0 Å². The van der Waals surface area contributed by atoms with Crippen molar-refractivity contribution in [3.05, 3.63) is 72.7 Å². The number of rotatable bonds is 5. The van der Waals surface area contributed by atoms with Gasteiger partial charge in [0.05, 0.1) is 0 Å². The fraction of sp³-hybridized carbons (Fsp3) is 0.300. The lowest BCUT2D eigenvalue weighted by molar-refractivity contribution is 0.575. The molecule has 2 heteroatoms. The summed E-state index contributed by atoms with van der Waals surface area (Å²) in [4.78, 5) is 2.13. The van der Waals surface area contributed by atoms with E-state index in [1.807, 2.05) is 37.3 Å². The highest BCUT2D eigenvalue weighted by atomic mass is 19.1. The van der Waals surface area contributed by atoms with E-state index in [9.17, 15) is 4.39 Å². The molecule has 1 unspecified atom stereocenters. The van der Waals surface area contributed by atoms with Gasteiger partial charge in [-0.1, -0.05) is 50.8 Å². The van der Waals surface area contributed by atoms with Gasteiger partial charge < -0.3 is 4.90 Å². The lowest BCUT2D eigenvalue weighted by atomic mass is 10.0. The number of hydrogen-bond donors (Lipinski definition) is 0. The van der Waals surface area contributed by atoms with Gasteiger partial charge in [-0.05, 0) is 43.0 Å². The largest absolute Gasteiger partial charge is 0.345 e. The lowest BCUT2D eigenvalue weighted by Gasteiger charge is -2.20. The summed E-state index contributed by atoms with van der Waals surface area (Å²) in [5.74, 6) is 0.408. The summed E-state index contributed by atoms with van der Waals surface area (Å²) in [7, 11) is 0. The Labute approximate surface area is 133 Å². The van der Waals surface area contributed by atoms with Crippen LogP contribution in [0.3, 0.4) is 0 Å². The Morgan fingerprint density at radius 3 is 2.77 bits per heavy atom. The normalized spacial score (nSPS) is 19.2. The van der Waals surface area contributed by atoms with E-state index < -0.39 is 0 Å². The molecule has 1 nitrogen and oxygen atoms in total. The Balaban J connectivity index is 2.32. The number of hydrogen-bond acceptors (Lipinski definition) is 1. The second-order valence-electron chi connectivity index (χ2n) is 5.68. The number of benzene rings is 1. The second-order valence-corrected chi connectivity index (χ2v) is 5.68. The number of anilines is 1. The van der Waals surface area contributed by atoms with E-state index in [1.165, 1.54) is 0 Å². The van der Waals surface area contributed by atoms with Crippen LogP contribution in [0.25, 0.3) is 5.57 Å². The second kappa shape index (κ2) is 7.26. The zero-order valence-electron chi connectivity index (χ0n) is 13.5. The van der Waals surface area contributed by atoms with Crippen molar-refractivity contribution in [2.75, 3.05) is 11.4 Å². The summed E-state index contributed by atoms with van der Waals surface area (Å²) in [5.41, 5.74) is 3.39. The van der Waals surface area contributed by atoms with E-state index in [0.29, 0.717) is 11.5 Å². The molecule has 0 radical (unpaired) electrons. The van der Waals surface area contributed by atoms with Crippen molar-refractivity contribution in [2.45, 2.75) is 26.7 Å². The van der Waals surface area contributed by atoms with Crippen molar-refractivity contribution in [3.8, 4) is 0 Å². The Kier molecular flexibility index (Phi) is 5.37. The zero-order chi connectivity index (χ0) is 16.1. The van der Waals surface area contributed by atoms with Crippen molar-refractivity contribution < 1.29 is 4.39 Å². The summed E-state index contributed by atoms with van der Waals surface area (Å²) in [5, 5.41) is 0. The van der Waals surface area contributed by atoms with Gasteiger partial charge in [0.1, 0.15) is 5.82 Å². The maximum atomic E-state index is 14.5. The van der Waals surface area contributed by atoms with Crippen LogP contribution >= 0.6 is 0 Å². The zero-order valence-corrected chi connectivity index (χ0v) is 13.5. The summed E-state index contributed by atoms with van der Waals surface area (Å²) in [6, 6.07) is 5.42. The Hall–Kier alpha value is -2.09. The molecule has 0 aliphatic carbocycles. The molecule has 1 aromatic carbocycles. The van der Waals surface area contributed by atoms with Crippen LogP contribution in [-0.2, 0) is 0 Å². The van der Waals surface area contributed by atoms with Gasteiger partial charge in [-0.15, -0.1) is 0 Å². The van der Waals surface area contributed by atoms with E-state index in [4.69, 9.17) is 0 Å². The molecule has 1 aromatic rings. The minimum atomic E-state index is -0.212. The van der Waals surface area contributed by atoms with Gasteiger partial charge in [0.25, 0.3) is 0 Å². The molecule has 0 spiro atoms. The van der Waals surface area contributed by atoms with Gasteiger partial charge in [-0.3, -0.25) is 0 Å². The first-order valence-electron chi connectivity index (χ1n) is 7.81. The van der Waals surface area contributed by atoms with Crippen molar-refractivity contribution in [1.29, 1.82) is 0 Å². The van der Waals surface area contributed by atoms with Crippen molar-refractivity contribution in [2.24, 2.45) is 5.92 Å². The van der Waals surface area contributed by atoms with Gasteiger partial charge in [-0.2, -0.15) is 0 Å². The fourth-order valence-corrected chi connectivity index (χ4v) is 2.90. The van der Waals surface area contributed by atoms with Crippen molar-refractivity contribution in [1.82, 2.24) is 0 Å². The number of halogens is 1. The van der Waals surface area contributed by atoms with Crippen LogP contribution in [-0.4, -0.2) is 6.54 Å². The van der Waals surface area contributed by atoms with E-state index in [-0.39, 0.29) is 5.82 Å². The molecule has 22 heavy (non-hydrogen) atoms. The fourth-order valence-electron chi connectivity index (χ4n) is 2.90. The molecule has 2 rings (SSSR count). The first kappa shape index (κ1) is 16.3. The maximum Gasteiger partial charge on any atom is 0.133 e. The molecule has 0 N–H and O–H groups in total. The van der Waals surface area contributed by atoms with Gasteiger partial charge in [0, 0.05) is 23.5 Å². The summed E-state index contributed by atoms with van der Waals surface area (Å²) < 4.78 is 14.5. The third-order valence-electron chi connectivity index (χ3n) is 4.14. The molecule has 0 saturated carbocycles. The third-order valence-corrected chi connectivity index (χ3v) is 4.14. The predicted octanol–water partition coefficient (Wildman–Crippen LogP) is 5.72. The minimum absolute atomic E-state index is 0.212. The van der Waals surface area contributed by atoms with E-state index in [1.54, 1.807) is 12.1 Å².